The summed E-state index contributed by atoms with van der Waals surface area (Å²) in [5, 5.41) is 12.8. The molecule has 3 heterocycles. The van der Waals surface area contributed by atoms with Crippen molar-refractivity contribution in [2.75, 3.05) is 13.2 Å². The summed E-state index contributed by atoms with van der Waals surface area (Å²) in [5.41, 5.74) is -9.73. The van der Waals surface area contributed by atoms with E-state index >= 15 is 0 Å². The van der Waals surface area contributed by atoms with Crippen LogP contribution in [0.3, 0.4) is 0 Å². The number of hydrogen-bond donors (Lipinski definition) is 1. The second kappa shape index (κ2) is 14.7. The number of amides is 4. The van der Waals surface area contributed by atoms with Crippen molar-refractivity contribution in [2.24, 2.45) is 0 Å². The van der Waals surface area contributed by atoms with Gasteiger partial charge >= 0.3 is 24.3 Å². The number of dihydropyridines is 1. The molecule has 0 saturated heterocycles. The lowest BCUT2D eigenvalue weighted by molar-refractivity contribution is -0.384. The van der Waals surface area contributed by atoms with Gasteiger partial charge in [0.1, 0.15) is 24.6 Å². The molecule has 3 aliphatic heterocycles. The molecule has 20 heteroatoms. The second-order valence-corrected chi connectivity index (χ2v) is 12.9. The number of nitro benzene ring substituents is 1. The molecule has 0 aliphatic carbocycles. The molecule has 6 rings (SSSR count). The fourth-order valence-electron chi connectivity index (χ4n) is 6.64. The van der Waals surface area contributed by atoms with Gasteiger partial charge in [0.2, 0.25) is 0 Å². The van der Waals surface area contributed by atoms with Crippen LogP contribution in [0.2, 0.25) is 0 Å². The lowest BCUT2D eigenvalue weighted by atomic mass is 9.79. The number of esters is 2. The van der Waals surface area contributed by atoms with Crippen LogP contribution in [0, 0.1) is 10.1 Å². The molecule has 3 aromatic rings. The van der Waals surface area contributed by atoms with Crippen LogP contribution in [0.15, 0.2) is 95.3 Å². The van der Waals surface area contributed by atoms with Crippen molar-refractivity contribution in [3.63, 3.8) is 0 Å². The highest BCUT2D eigenvalue weighted by molar-refractivity contribution is 6.22. The van der Waals surface area contributed by atoms with E-state index in [9.17, 15) is 65.2 Å². The Kier molecular flexibility index (Phi) is 10.2. The van der Waals surface area contributed by atoms with E-state index in [1.54, 1.807) is 0 Å². The predicted octanol–water partition coefficient (Wildman–Crippen LogP) is 5.37. The zero-order valence-corrected chi connectivity index (χ0v) is 29.3. The van der Waals surface area contributed by atoms with Crippen LogP contribution >= 0.6 is 0 Å². The number of nitrogens with zero attached hydrogens (tertiary/aromatic N) is 3. The third-order valence-electron chi connectivity index (χ3n) is 9.23. The van der Waals surface area contributed by atoms with Crippen molar-refractivity contribution >= 4 is 41.3 Å². The Bertz CT molecular complexity index is 2140. The molecule has 1 N–H and O–H groups in total. The number of fused-ring (bicyclic) bond motifs is 2. The van der Waals surface area contributed by atoms with Crippen LogP contribution in [0.1, 0.15) is 66.8 Å². The summed E-state index contributed by atoms with van der Waals surface area (Å²) in [5.74, 6) is -10.0. The minimum atomic E-state index is -5.80. The summed E-state index contributed by atoms with van der Waals surface area (Å²) in [6.45, 7) is 0.415. The molecule has 0 aromatic heterocycles. The number of rotatable bonds is 10. The second-order valence-electron chi connectivity index (χ2n) is 12.9. The molecule has 14 nitrogen and oxygen atoms in total. The molecule has 2 atom stereocenters. The summed E-state index contributed by atoms with van der Waals surface area (Å²) in [6.07, 6.45) is -11.6. The van der Waals surface area contributed by atoms with E-state index in [2.05, 4.69) is 0 Å². The molecule has 4 amide bonds. The SMILES string of the molecule is CC(COC(=O)C1=C(C(F)(F)F)NC(C(F)(F)F)=C(C(=O)OCC(C)N2C(=O)c3ccccc3C2=O)C1c1cccc([N+](=O)[O-])c1)N1C(=O)c2ccccc2C1=O. The third kappa shape index (κ3) is 7.20. The van der Waals surface area contributed by atoms with Gasteiger partial charge in [-0.25, -0.2) is 9.59 Å². The number of non-ortho nitro benzene ring substituents is 1. The van der Waals surface area contributed by atoms with E-state index in [0.29, 0.717) is 15.9 Å². The van der Waals surface area contributed by atoms with Crippen molar-refractivity contribution in [1.29, 1.82) is 0 Å². The first-order chi connectivity index (χ1) is 26.7. The van der Waals surface area contributed by atoms with E-state index < -0.39 is 118 Å². The van der Waals surface area contributed by atoms with Gasteiger partial charge in [-0.1, -0.05) is 36.4 Å². The Morgan fingerprint density at radius 2 is 1.05 bits per heavy atom. The number of alkyl halides is 6. The van der Waals surface area contributed by atoms with Crippen LogP contribution in [0.5, 0.6) is 0 Å². The topological polar surface area (TPSA) is 183 Å². The van der Waals surface area contributed by atoms with Gasteiger partial charge in [0.25, 0.3) is 29.3 Å². The highest BCUT2D eigenvalue weighted by Crippen LogP contribution is 2.47. The number of ether oxygens (including phenoxy) is 2. The number of nitrogens with one attached hydrogen (secondary N) is 1. The number of nitro groups is 1. The Balaban J connectivity index is 1.39. The Morgan fingerprint density at radius 3 is 1.39 bits per heavy atom. The van der Waals surface area contributed by atoms with Crippen molar-refractivity contribution in [3.05, 3.63) is 133 Å². The van der Waals surface area contributed by atoms with Gasteiger partial charge in [-0.2, -0.15) is 26.3 Å². The number of carbonyl (C=O) groups excluding carboxylic acids is 6. The zero-order chi connectivity index (χ0) is 41.7. The predicted molar refractivity (Wildman–Crippen MR) is 180 cm³/mol. The highest BCUT2D eigenvalue weighted by atomic mass is 19.4. The smallest absolute Gasteiger partial charge is 0.431 e. The Morgan fingerprint density at radius 1 is 0.684 bits per heavy atom. The first-order valence-corrected chi connectivity index (χ1v) is 16.7. The Labute approximate surface area is 316 Å². The summed E-state index contributed by atoms with van der Waals surface area (Å²) in [6, 6.07) is 11.6. The zero-order valence-electron chi connectivity index (χ0n) is 29.3. The van der Waals surface area contributed by atoms with Crippen molar-refractivity contribution in [2.45, 2.75) is 44.2 Å². The van der Waals surface area contributed by atoms with Crippen molar-refractivity contribution < 1.29 is 69.5 Å². The molecular weight excluding hydrogens is 774 g/mol. The van der Waals surface area contributed by atoms with Crippen LogP contribution < -0.4 is 5.32 Å². The van der Waals surface area contributed by atoms with Crippen LogP contribution in [-0.2, 0) is 19.1 Å². The van der Waals surface area contributed by atoms with Gasteiger partial charge in [0.05, 0.1) is 56.3 Å². The highest BCUT2D eigenvalue weighted by Gasteiger charge is 2.54. The van der Waals surface area contributed by atoms with Crippen molar-refractivity contribution in [1.82, 2.24) is 15.1 Å². The fraction of sp³-hybridized carbons (Fsp3) is 0.243. The average Bonchev–Trinajstić information content (AvgIpc) is 3.58. The molecule has 0 radical (unpaired) electrons. The largest absolute Gasteiger partial charge is 0.460 e. The summed E-state index contributed by atoms with van der Waals surface area (Å²) in [7, 11) is 0. The number of halogens is 6. The number of carbonyl (C=O) groups is 6. The molecule has 0 bridgehead atoms. The molecular formula is C37H26F6N4O10. The van der Waals surface area contributed by atoms with E-state index in [1.807, 2.05) is 0 Å². The first-order valence-electron chi connectivity index (χ1n) is 16.7. The summed E-state index contributed by atoms with van der Waals surface area (Å²) >= 11 is 0. The Hall–Kier alpha value is -6.86. The van der Waals surface area contributed by atoms with Crippen molar-refractivity contribution in [3.8, 4) is 0 Å². The van der Waals surface area contributed by atoms with Gasteiger partial charge in [0.15, 0.2) is 0 Å². The van der Waals surface area contributed by atoms with Crippen LogP contribution in [-0.4, -0.2) is 87.9 Å². The first kappa shape index (κ1) is 39.8. The normalized spacial score (nSPS) is 18.0. The van der Waals surface area contributed by atoms with E-state index in [4.69, 9.17) is 9.47 Å². The lowest BCUT2D eigenvalue weighted by Crippen LogP contribution is -2.45. The van der Waals surface area contributed by atoms with Gasteiger partial charge in [0, 0.05) is 12.1 Å². The molecule has 0 saturated carbocycles. The summed E-state index contributed by atoms with van der Waals surface area (Å²) < 4.78 is 98.7. The maximum absolute atomic E-state index is 14.7. The molecule has 57 heavy (non-hydrogen) atoms. The average molecular weight is 801 g/mol. The minimum absolute atomic E-state index is 0.0183. The number of allylic oxidation sites excluding steroid dienone is 2. The van der Waals surface area contributed by atoms with E-state index in [0.717, 1.165) is 23.5 Å². The maximum Gasteiger partial charge on any atom is 0.431 e. The number of hydrogen-bond acceptors (Lipinski definition) is 11. The minimum Gasteiger partial charge on any atom is -0.460 e. The monoisotopic (exact) mass is 800 g/mol. The quantitative estimate of drug-likeness (QED) is 0.0915. The van der Waals surface area contributed by atoms with Crippen LogP contribution in [0.25, 0.3) is 0 Å². The standard InChI is InChI=1S/C37H26F6N4O10/c1-17(45-30(48)21-10-3-4-11-22(21)31(45)49)15-56-34(52)26-25(19-8-7-9-20(14-19)47(54)55)27(29(37(41,42)43)44-28(26)36(38,39)40)35(53)57-16-18(2)46-32(50)23-12-5-6-13-24(23)33(46)51/h3-14,17-18,25,44H,15-16H2,1-2H3. The number of benzene rings is 3. The van der Waals surface area contributed by atoms with Gasteiger partial charge < -0.3 is 14.8 Å². The third-order valence-corrected chi connectivity index (χ3v) is 9.23. The fourth-order valence-corrected chi connectivity index (χ4v) is 6.64. The lowest BCUT2D eigenvalue weighted by Gasteiger charge is -2.34. The molecule has 0 fully saturated rings. The number of imide groups is 2. The summed E-state index contributed by atoms with van der Waals surface area (Å²) in [4.78, 5) is 91.5. The van der Waals surface area contributed by atoms with Gasteiger partial charge in [-0.05, 0) is 43.7 Å². The molecule has 2 unspecified atom stereocenters. The molecule has 0 spiro atoms. The molecule has 296 valence electrons. The maximum atomic E-state index is 14.7. The molecule has 3 aromatic carbocycles. The van der Waals surface area contributed by atoms with E-state index in [-0.39, 0.29) is 22.3 Å². The molecule has 3 aliphatic rings. The van der Waals surface area contributed by atoms with Crippen LogP contribution in [0.4, 0.5) is 32.0 Å². The van der Waals surface area contributed by atoms with E-state index in [1.165, 1.54) is 62.4 Å². The van der Waals surface area contributed by atoms with Gasteiger partial charge in [-0.15, -0.1) is 0 Å². The van der Waals surface area contributed by atoms with Gasteiger partial charge in [-0.3, -0.25) is 39.1 Å².